The van der Waals surface area contributed by atoms with Gasteiger partial charge < -0.3 is 24.8 Å². The van der Waals surface area contributed by atoms with Gasteiger partial charge in [0.25, 0.3) is 5.89 Å². The number of hydrogen-bond donors (Lipinski definition) is 3. The van der Waals surface area contributed by atoms with Crippen molar-refractivity contribution in [1.82, 2.24) is 15.0 Å². The lowest BCUT2D eigenvalue weighted by Crippen LogP contribution is -2.50. The molecular weight excluding hydrogens is 476 g/mol. The number of aromatic nitrogens is 2. The second kappa shape index (κ2) is 9.46. The van der Waals surface area contributed by atoms with E-state index in [4.69, 9.17) is 20.9 Å². The fraction of sp³-hybridized carbons (Fsp3) is 0.333. The smallest absolute Gasteiger partial charge is 0.408 e. The van der Waals surface area contributed by atoms with E-state index < -0.39 is 17.6 Å². The number of nitrogens with zero attached hydrogens (tertiary/aromatic N) is 3. The fourth-order valence-electron chi connectivity index (χ4n) is 4.06. The van der Waals surface area contributed by atoms with Gasteiger partial charge in [0.1, 0.15) is 11.3 Å². The average molecular weight is 501 g/mol. The van der Waals surface area contributed by atoms with E-state index in [2.05, 4.69) is 15.5 Å². The van der Waals surface area contributed by atoms with Gasteiger partial charge in [0, 0.05) is 35.8 Å². The summed E-state index contributed by atoms with van der Waals surface area (Å²) in [4.78, 5) is 28.6. The second-order valence-electron chi connectivity index (χ2n) is 8.83. The third-order valence-corrected chi connectivity index (χ3v) is 6.11. The van der Waals surface area contributed by atoms with Gasteiger partial charge in [-0.05, 0) is 63.2 Å². The van der Waals surface area contributed by atoms with Gasteiger partial charge in [0.05, 0.1) is 11.1 Å². The van der Waals surface area contributed by atoms with Crippen molar-refractivity contribution in [2.45, 2.75) is 44.9 Å². The van der Waals surface area contributed by atoms with Crippen molar-refractivity contribution in [3.05, 3.63) is 47.5 Å². The van der Waals surface area contributed by atoms with Gasteiger partial charge in [-0.2, -0.15) is 4.98 Å². The highest BCUT2D eigenvalue weighted by Crippen LogP contribution is 2.33. The molecule has 0 radical (unpaired) electrons. The van der Waals surface area contributed by atoms with Gasteiger partial charge >= 0.3 is 12.1 Å². The molecule has 184 valence electrons. The van der Waals surface area contributed by atoms with Crippen molar-refractivity contribution in [1.29, 1.82) is 0 Å². The van der Waals surface area contributed by atoms with Crippen LogP contribution in [0.1, 0.15) is 27.2 Å². The van der Waals surface area contributed by atoms with E-state index in [1.165, 1.54) is 6.92 Å². The minimum atomic E-state index is -1.48. The Labute approximate surface area is 206 Å². The summed E-state index contributed by atoms with van der Waals surface area (Å²) in [6, 6.07) is 12.1. The number of amides is 1. The topological polar surface area (TPSA) is 138 Å². The third kappa shape index (κ3) is 5.02. The summed E-state index contributed by atoms with van der Waals surface area (Å²) >= 11 is 6.31. The number of nitrogens with one attached hydrogen (secondary N) is 1. The predicted octanol–water partition coefficient (Wildman–Crippen LogP) is 4.85. The molecule has 1 amide bonds. The zero-order valence-corrected chi connectivity index (χ0v) is 20.1. The number of benzene rings is 2. The van der Waals surface area contributed by atoms with E-state index >= 15 is 0 Å². The molecule has 1 aliphatic rings. The van der Waals surface area contributed by atoms with Crippen LogP contribution >= 0.6 is 11.6 Å². The van der Waals surface area contributed by atoms with Gasteiger partial charge in [-0.25, -0.2) is 9.59 Å². The van der Waals surface area contributed by atoms with Gasteiger partial charge in [-0.1, -0.05) is 16.8 Å². The zero-order valence-electron chi connectivity index (χ0n) is 19.4. The zero-order chi connectivity index (χ0) is 25.3. The first-order chi connectivity index (χ1) is 16.6. The number of ether oxygens (including phenoxy) is 1. The molecule has 10 nitrogen and oxygen atoms in total. The fourth-order valence-corrected chi connectivity index (χ4v) is 4.28. The van der Waals surface area contributed by atoms with Crippen molar-refractivity contribution < 1.29 is 29.1 Å². The first-order valence-corrected chi connectivity index (χ1v) is 11.4. The van der Waals surface area contributed by atoms with Crippen LogP contribution in [0.15, 0.2) is 47.0 Å². The Morgan fingerprint density at radius 1 is 1.20 bits per heavy atom. The molecule has 3 aromatic rings. The molecule has 2 unspecified atom stereocenters. The number of hydrogen-bond acceptors (Lipinski definition) is 7. The maximum absolute atomic E-state index is 11.7. The molecule has 2 atom stereocenters. The molecule has 3 N–H and O–H groups in total. The number of rotatable bonds is 7. The number of carboxylic acids is 1. The molecule has 0 bridgehead atoms. The summed E-state index contributed by atoms with van der Waals surface area (Å²) in [5.41, 5.74) is 0.608. The van der Waals surface area contributed by atoms with Crippen LogP contribution in [0.4, 0.5) is 10.5 Å². The van der Waals surface area contributed by atoms with E-state index in [1.54, 1.807) is 42.5 Å². The number of anilines is 1. The summed E-state index contributed by atoms with van der Waals surface area (Å²) < 4.78 is 11.1. The van der Waals surface area contributed by atoms with Crippen molar-refractivity contribution >= 4 is 29.4 Å². The number of halogens is 1. The minimum absolute atomic E-state index is 0.000878. The van der Waals surface area contributed by atoms with Gasteiger partial charge in [-0.3, -0.25) is 4.90 Å². The van der Waals surface area contributed by atoms with Gasteiger partial charge in [0.15, 0.2) is 0 Å². The molecule has 1 aliphatic heterocycles. The molecule has 11 heteroatoms. The van der Waals surface area contributed by atoms with E-state index in [0.29, 0.717) is 39.3 Å². The van der Waals surface area contributed by atoms with Crippen LogP contribution in [-0.4, -0.2) is 61.5 Å². The Balaban J connectivity index is 1.45. The van der Waals surface area contributed by atoms with Crippen molar-refractivity contribution in [3.8, 4) is 28.6 Å². The van der Waals surface area contributed by atoms with E-state index in [-0.39, 0.29) is 25.1 Å². The number of aliphatic carboxylic acids is 1. The van der Waals surface area contributed by atoms with Crippen LogP contribution < -0.4 is 10.1 Å². The van der Waals surface area contributed by atoms with Crippen molar-refractivity contribution in [3.63, 3.8) is 0 Å². The highest BCUT2D eigenvalue weighted by atomic mass is 35.5. The maximum atomic E-state index is 11.7. The first kappa shape index (κ1) is 24.3. The Bertz CT molecular complexity index is 1250. The van der Waals surface area contributed by atoms with Crippen LogP contribution in [0.2, 0.25) is 5.02 Å². The molecule has 1 aromatic heterocycles. The van der Waals surface area contributed by atoms with Crippen LogP contribution in [-0.2, 0) is 4.79 Å². The molecule has 35 heavy (non-hydrogen) atoms. The number of likely N-dealkylation sites (tertiary alicyclic amines) is 1. The Morgan fingerprint density at radius 2 is 1.89 bits per heavy atom. The van der Waals surface area contributed by atoms with Crippen molar-refractivity contribution in [2.24, 2.45) is 0 Å². The van der Waals surface area contributed by atoms with Crippen LogP contribution in [0.5, 0.6) is 5.75 Å². The van der Waals surface area contributed by atoms with Crippen LogP contribution in [0.3, 0.4) is 0 Å². The standard InChI is InChI=1S/C24H25ClN4O6/c1-13(2)34-19-9-6-15(10-18(19)25)20-27-21(35-28-20)14-4-7-16(8-5-14)26-17-11-24(3,22(30)31)29(12-17)23(32)33/h4-10,13,17,26H,11-12H2,1-3H3,(H,30,31)(H,32,33). The summed E-state index contributed by atoms with van der Waals surface area (Å²) in [5, 5.41) is 26.6. The summed E-state index contributed by atoms with van der Waals surface area (Å²) in [6.07, 6.45) is -1.11. The molecule has 2 heterocycles. The summed E-state index contributed by atoms with van der Waals surface area (Å²) in [6.45, 7) is 5.32. The lowest BCUT2D eigenvalue weighted by Gasteiger charge is -2.27. The minimum Gasteiger partial charge on any atom is -0.489 e. The van der Waals surface area contributed by atoms with Crippen molar-refractivity contribution in [2.75, 3.05) is 11.9 Å². The van der Waals surface area contributed by atoms with E-state index in [0.717, 1.165) is 4.90 Å². The average Bonchev–Trinajstić information content (AvgIpc) is 3.41. The lowest BCUT2D eigenvalue weighted by molar-refractivity contribution is -0.147. The molecule has 0 aliphatic carbocycles. The first-order valence-electron chi connectivity index (χ1n) is 11.0. The molecule has 1 fully saturated rings. The van der Waals surface area contributed by atoms with Gasteiger partial charge in [-0.15, -0.1) is 0 Å². The third-order valence-electron chi connectivity index (χ3n) is 5.82. The largest absolute Gasteiger partial charge is 0.489 e. The quantitative estimate of drug-likeness (QED) is 0.415. The van der Waals surface area contributed by atoms with Crippen LogP contribution in [0.25, 0.3) is 22.8 Å². The maximum Gasteiger partial charge on any atom is 0.408 e. The molecule has 0 spiro atoms. The Hall–Kier alpha value is -3.79. The predicted molar refractivity (Wildman–Crippen MR) is 129 cm³/mol. The molecular formula is C24H25ClN4O6. The van der Waals surface area contributed by atoms with E-state index in [1.807, 2.05) is 13.8 Å². The second-order valence-corrected chi connectivity index (χ2v) is 9.24. The Morgan fingerprint density at radius 3 is 2.46 bits per heavy atom. The molecule has 1 saturated heterocycles. The molecule has 2 aromatic carbocycles. The molecule has 0 saturated carbocycles. The molecule has 4 rings (SSSR count). The normalized spacial score (nSPS) is 19.7. The van der Waals surface area contributed by atoms with Gasteiger partial charge in [0.2, 0.25) is 5.82 Å². The highest BCUT2D eigenvalue weighted by Gasteiger charge is 2.50. The SMILES string of the molecule is CC(C)Oc1ccc(-c2noc(-c3ccc(NC4CN(C(=O)O)C(C)(C(=O)O)C4)cc3)n2)cc1Cl. The van der Waals surface area contributed by atoms with Crippen LogP contribution in [0, 0.1) is 0 Å². The summed E-state index contributed by atoms with van der Waals surface area (Å²) in [7, 11) is 0. The monoisotopic (exact) mass is 500 g/mol. The Kier molecular flexibility index (Phi) is 6.58. The summed E-state index contributed by atoms with van der Waals surface area (Å²) in [5.74, 6) is 0.110. The van der Waals surface area contributed by atoms with E-state index in [9.17, 15) is 19.8 Å². The lowest BCUT2D eigenvalue weighted by atomic mass is 9.97. The highest BCUT2D eigenvalue weighted by molar-refractivity contribution is 6.32. The number of carboxylic acid groups (broad SMARTS) is 2. The number of carbonyl (C=O) groups is 2.